The van der Waals surface area contributed by atoms with Crippen molar-refractivity contribution in [2.75, 3.05) is 26.7 Å². The third kappa shape index (κ3) is 0.956. The minimum atomic E-state index is 0.855. The van der Waals surface area contributed by atoms with E-state index in [1.165, 1.54) is 32.5 Å². The molecule has 0 aromatic heterocycles. The maximum atomic E-state index is 3.44. The Kier molecular flexibility index (Phi) is 1.66. The van der Waals surface area contributed by atoms with Crippen LogP contribution in [0.5, 0.6) is 0 Å². The van der Waals surface area contributed by atoms with Crippen LogP contribution in [0.1, 0.15) is 12.8 Å². The summed E-state index contributed by atoms with van der Waals surface area (Å²) in [6, 6.07) is 0.855. The van der Waals surface area contributed by atoms with Crippen LogP contribution in [0.4, 0.5) is 0 Å². The summed E-state index contributed by atoms with van der Waals surface area (Å²) in [5.41, 5.74) is 0. The van der Waals surface area contributed by atoms with Gasteiger partial charge in [0.25, 0.3) is 0 Å². The molecule has 0 bridgehead atoms. The van der Waals surface area contributed by atoms with Gasteiger partial charge in [0.2, 0.25) is 0 Å². The van der Waals surface area contributed by atoms with Crippen molar-refractivity contribution in [3.8, 4) is 0 Å². The highest BCUT2D eigenvalue weighted by Crippen LogP contribution is 2.26. The molecule has 2 aliphatic heterocycles. The second-order valence-electron chi connectivity index (χ2n) is 3.59. The number of hydrogen-bond acceptors (Lipinski definition) is 2. The van der Waals surface area contributed by atoms with Gasteiger partial charge in [-0.05, 0) is 38.9 Å². The molecule has 0 amide bonds. The highest BCUT2D eigenvalue weighted by Gasteiger charge is 2.32. The van der Waals surface area contributed by atoms with Crippen LogP contribution in [-0.2, 0) is 0 Å². The van der Waals surface area contributed by atoms with Crippen molar-refractivity contribution in [1.29, 1.82) is 0 Å². The van der Waals surface area contributed by atoms with E-state index in [2.05, 4.69) is 17.3 Å². The summed E-state index contributed by atoms with van der Waals surface area (Å²) in [6.45, 7) is 3.78. The molecule has 2 rings (SSSR count). The van der Waals surface area contributed by atoms with Crippen molar-refractivity contribution in [2.45, 2.75) is 18.9 Å². The normalized spacial score (nSPS) is 41.7. The number of fused-ring (bicyclic) bond motifs is 1. The van der Waals surface area contributed by atoms with E-state index in [-0.39, 0.29) is 0 Å². The average molecular weight is 140 g/mol. The number of nitrogens with one attached hydrogen (secondary N) is 1. The highest BCUT2D eigenvalue weighted by atomic mass is 15.2. The van der Waals surface area contributed by atoms with Crippen molar-refractivity contribution >= 4 is 0 Å². The van der Waals surface area contributed by atoms with Crippen LogP contribution >= 0.6 is 0 Å². The monoisotopic (exact) mass is 140 g/mol. The average Bonchev–Trinajstić information content (AvgIpc) is 2.34. The Labute approximate surface area is 62.6 Å². The lowest BCUT2D eigenvalue weighted by molar-refractivity contribution is 0.229. The first-order chi connectivity index (χ1) is 4.88. The summed E-state index contributed by atoms with van der Waals surface area (Å²) in [6.07, 6.45) is 2.83. The lowest BCUT2D eigenvalue weighted by atomic mass is 9.94. The van der Waals surface area contributed by atoms with Crippen LogP contribution in [0.15, 0.2) is 0 Å². The largest absolute Gasteiger partial charge is 0.315 e. The fraction of sp³-hybridized carbons (Fsp3) is 1.00. The summed E-state index contributed by atoms with van der Waals surface area (Å²) in [5, 5.41) is 3.44. The molecule has 0 saturated carbocycles. The summed E-state index contributed by atoms with van der Waals surface area (Å²) < 4.78 is 0. The van der Waals surface area contributed by atoms with Crippen molar-refractivity contribution in [1.82, 2.24) is 10.2 Å². The summed E-state index contributed by atoms with van der Waals surface area (Å²) in [7, 11) is 2.25. The zero-order valence-electron chi connectivity index (χ0n) is 6.64. The van der Waals surface area contributed by atoms with Crippen LogP contribution in [0, 0.1) is 5.92 Å². The number of rotatable bonds is 0. The van der Waals surface area contributed by atoms with Gasteiger partial charge in [-0.25, -0.2) is 0 Å². The molecule has 2 atom stereocenters. The van der Waals surface area contributed by atoms with E-state index >= 15 is 0 Å². The van der Waals surface area contributed by atoms with E-state index in [1.54, 1.807) is 0 Å². The molecule has 2 heteroatoms. The van der Waals surface area contributed by atoms with Gasteiger partial charge in [-0.15, -0.1) is 0 Å². The van der Waals surface area contributed by atoms with Crippen LogP contribution in [-0.4, -0.2) is 37.6 Å². The molecule has 1 unspecified atom stereocenters. The quantitative estimate of drug-likeness (QED) is 0.520. The Morgan fingerprint density at radius 1 is 1.40 bits per heavy atom. The zero-order chi connectivity index (χ0) is 6.97. The number of likely N-dealkylation sites (tertiary alicyclic amines) is 1. The fourth-order valence-corrected chi connectivity index (χ4v) is 2.28. The maximum absolute atomic E-state index is 3.44. The molecule has 2 fully saturated rings. The summed E-state index contributed by atoms with van der Waals surface area (Å²) >= 11 is 0. The Bertz CT molecular complexity index is 122. The van der Waals surface area contributed by atoms with E-state index in [9.17, 15) is 0 Å². The number of piperidine rings is 1. The topological polar surface area (TPSA) is 15.3 Å². The predicted octanol–water partition coefficient (Wildman–Crippen LogP) is 0.300. The van der Waals surface area contributed by atoms with Crippen molar-refractivity contribution in [2.24, 2.45) is 5.92 Å². The summed E-state index contributed by atoms with van der Waals surface area (Å²) in [4.78, 5) is 2.50. The molecule has 2 nitrogen and oxygen atoms in total. The maximum Gasteiger partial charge on any atom is 0.0246 e. The first-order valence-corrected chi connectivity index (χ1v) is 4.29. The van der Waals surface area contributed by atoms with Gasteiger partial charge in [0, 0.05) is 12.6 Å². The Balaban J connectivity index is 2.01. The van der Waals surface area contributed by atoms with Gasteiger partial charge in [-0.1, -0.05) is 0 Å². The van der Waals surface area contributed by atoms with E-state index in [4.69, 9.17) is 0 Å². The lowest BCUT2D eigenvalue weighted by Crippen LogP contribution is -2.44. The first-order valence-electron chi connectivity index (χ1n) is 4.29. The third-order valence-electron chi connectivity index (χ3n) is 3.01. The van der Waals surface area contributed by atoms with Crippen LogP contribution in [0.3, 0.4) is 0 Å². The molecule has 0 aromatic carbocycles. The second-order valence-corrected chi connectivity index (χ2v) is 3.59. The standard InChI is InChI=1S/C8H16N2/c1-10-5-3-7-2-4-9-6-8(7)10/h7-9H,2-6H2,1H3/t7-,8?/m1/s1. The van der Waals surface area contributed by atoms with Crippen LogP contribution in [0.2, 0.25) is 0 Å². The van der Waals surface area contributed by atoms with E-state index in [0.717, 1.165) is 12.0 Å². The smallest absolute Gasteiger partial charge is 0.0246 e. The van der Waals surface area contributed by atoms with E-state index in [0.29, 0.717) is 0 Å². The molecule has 1 N–H and O–H groups in total. The molecular weight excluding hydrogens is 124 g/mol. The van der Waals surface area contributed by atoms with Gasteiger partial charge in [0.05, 0.1) is 0 Å². The number of nitrogens with zero attached hydrogens (tertiary/aromatic N) is 1. The molecule has 0 aromatic rings. The van der Waals surface area contributed by atoms with E-state index < -0.39 is 0 Å². The molecule has 0 spiro atoms. The van der Waals surface area contributed by atoms with Crippen LogP contribution < -0.4 is 5.32 Å². The molecule has 2 aliphatic rings. The van der Waals surface area contributed by atoms with Gasteiger partial charge < -0.3 is 10.2 Å². The van der Waals surface area contributed by atoms with Crippen LogP contribution in [0.25, 0.3) is 0 Å². The van der Waals surface area contributed by atoms with Gasteiger partial charge >= 0.3 is 0 Å². The zero-order valence-corrected chi connectivity index (χ0v) is 6.64. The van der Waals surface area contributed by atoms with Crippen molar-refractivity contribution < 1.29 is 0 Å². The SMILES string of the molecule is CN1CC[C@H]2CCNCC21. The lowest BCUT2D eigenvalue weighted by Gasteiger charge is -2.29. The van der Waals surface area contributed by atoms with Gasteiger partial charge in [-0.3, -0.25) is 0 Å². The van der Waals surface area contributed by atoms with Gasteiger partial charge in [0.1, 0.15) is 0 Å². The second kappa shape index (κ2) is 2.51. The molecule has 2 heterocycles. The van der Waals surface area contributed by atoms with Gasteiger partial charge in [-0.2, -0.15) is 0 Å². The molecule has 0 radical (unpaired) electrons. The minimum Gasteiger partial charge on any atom is -0.315 e. The number of hydrogen-bond donors (Lipinski definition) is 1. The molecule has 0 aliphatic carbocycles. The first kappa shape index (κ1) is 6.62. The highest BCUT2D eigenvalue weighted by molar-refractivity contribution is 4.89. The molecule has 10 heavy (non-hydrogen) atoms. The fourth-order valence-electron chi connectivity index (χ4n) is 2.28. The molecule has 2 saturated heterocycles. The Morgan fingerprint density at radius 3 is 3.10 bits per heavy atom. The summed E-state index contributed by atoms with van der Waals surface area (Å²) in [5.74, 6) is 1.01. The van der Waals surface area contributed by atoms with Crippen molar-refractivity contribution in [3.05, 3.63) is 0 Å². The third-order valence-corrected chi connectivity index (χ3v) is 3.01. The Hall–Kier alpha value is -0.0800. The number of likely N-dealkylation sites (N-methyl/N-ethyl adjacent to an activating group) is 1. The molecular formula is C8H16N2. The Morgan fingerprint density at radius 2 is 2.30 bits per heavy atom. The van der Waals surface area contributed by atoms with Gasteiger partial charge in [0.15, 0.2) is 0 Å². The van der Waals surface area contributed by atoms with Crippen molar-refractivity contribution in [3.63, 3.8) is 0 Å². The minimum absolute atomic E-state index is 0.855. The molecule has 58 valence electrons. The van der Waals surface area contributed by atoms with E-state index in [1.807, 2.05) is 0 Å². The predicted molar refractivity (Wildman–Crippen MR) is 42.0 cm³/mol.